The number of amides is 1. The first-order valence-corrected chi connectivity index (χ1v) is 15.3. The quantitative estimate of drug-likeness (QED) is 0.288. The number of allylic oxidation sites excluding steroid dienone is 1. The zero-order chi connectivity index (χ0) is 31.0. The summed E-state index contributed by atoms with van der Waals surface area (Å²) in [5.74, 6) is 0.133. The number of aromatic nitrogens is 2. The van der Waals surface area contributed by atoms with E-state index in [1.54, 1.807) is 12.1 Å². The number of carbonyl (C=O) groups excluding carboxylic acids is 1. The highest BCUT2D eigenvalue weighted by molar-refractivity contribution is 5.89. The minimum Gasteiger partial charge on any atom is -0.489 e. The number of benzene rings is 2. The number of alkyl halides is 3. The van der Waals surface area contributed by atoms with Gasteiger partial charge >= 0.3 is 12.1 Å². The van der Waals surface area contributed by atoms with Crippen LogP contribution in [0.3, 0.4) is 0 Å². The van der Waals surface area contributed by atoms with Gasteiger partial charge in [-0.2, -0.15) is 18.3 Å². The van der Waals surface area contributed by atoms with Gasteiger partial charge in [-0.05, 0) is 110 Å². The van der Waals surface area contributed by atoms with E-state index in [-0.39, 0.29) is 11.6 Å². The number of carbonyl (C=O) groups is 2. The van der Waals surface area contributed by atoms with E-state index in [1.807, 2.05) is 24.0 Å². The molecule has 2 heterocycles. The Morgan fingerprint density at radius 2 is 1.77 bits per heavy atom. The third-order valence-corrected chi connectivity index (χ3v) is 9.09. The van der Waals surface area contributed by atoms with Gasteiger partial charge in [-0.1, -0.05) is 24.3 Å². The second-order valence-corrected chi connectivity index (χ2v) is 12.1. The molecule has 1 amide bonds. The van der Waals surface area contributed by atoms with E-state index in [4.69, 9.17) is 4.74 Å². The van der Waals surface area contributed by atoms with Crippen molar-refractivity contribution in [1.29, 1.82) is 0 Å². The number of nitrogens with zero attached hydrogens (tertiary/aromatic N) is 3. The molecule has 1 aromatic heterocycles. The molecule has 2 aromatic carbocycles. The summed E-state index contributed by atoms with van der Waals surface area (Å²) >= 11 is 0. The Hall–Kier alpha value is -4.08. The Bertz CT molecular complexity index is 1600. The molecule has 1 saturated heterocycles. The van der Waals surface area contributed by atoms with E-state index in [9.17, 15) is 27.9 Å². The predicted molar refractivity (Wildman–Crippen MR) is 159 cm³/mol. The Kier molecular flexibility index (Phi) is 8.26. The first kappa shape index (κ1) is 30.0. The summed E-state index contributed by atoms with van der Waals surface area (Å²) in [6, 6.07) is 13.0. The van der Waals surface area contributed by atoms with Crippen molar-refractivity contribution in [1.82, 2.24) is 14.7 Å². The third kappa shape index (κ3) is 6.25. The molecule has 0 bridgehead atoms. The lowest BCUT2D eigenvalue weighted by Gasteiger charge is -2.32. The standard InChI is InChI=1S/C34H36F3N3O4/c1-21-17-24(22-13-15-39(16-14-22)32(41)23-9-10-23)11-12-30(21)44-20-26-5-2-3-8-28(26)25-6-4-7-27(18-25)40-31(34(35,36)37)29(19-38-40)33(42)43/h4,6-7,11-12,17-19,22-23H,2-3,5,8-10,13-16,20H2,1H3,(H,42,43). The van der Waals surface area contributed by atoms with E-state index in [1.165, 1.54) is 11.6 Å². The molecule has 2 aliphatic carbocycles. The number of hydrogen-bond donors (Lipinski definition) is 1. The maximum atomic E-state index is 13.8. The smallest absolute Gasteiger partial charge is 0.434 e. The molecule has 1 N–H and O–H groups in total. The fourth-order valence-electron chi connectivity index (χ4n) is 6.55. The van der Waals surface area contributed by atoms with Gasteiger partial charge in [-0.15, -0.1) is 0 Å². The highest BCUT2D eigenvalue weighted by Crippen LogP contribution is 2.38. The lowest BCUT2D eigenvalue weighted by Crippen LogP contribution is -2.38. The molecule has 232 valence electrons. The van der Waals surface area contributed by atoms with Crippen LogP contribution in [0.1, 0.15) is 90.0 Å². The number of carboxylic acids is 1. The number of ether oxygens (including phenoxy) is 1. The average Bonchev–Trinajstić information content (AvgIpc) is 3.76. The lowest BCUT2D eigenvalue weighted by atomic mass is 9.87. The Labute approximate surface area is 254 Å². The number of hydrogen-bond acceptors (Lipinski definition) is 4. The van der Waals surface area contributed by atoms with Crippen LogP contribution in [0.5, 0.6) is 5.75 Å². The van der Waals surface area contributed by atoms with Gasteiger partial charge in [0.1, 0.15) is 17.9 Å². The maximum absolute atomic E-state index is 13.8. The molecule has 1 saturated carbocycles. The van der Waals surface area contributed by atoms with Crippen LogP contribution >= 0.6 is 0 Å². The van der Waals surface area contributed by atoms with E-state index in [2.05, 4.69) is 17.2 Å². The molecular weight excluding hydrogens is 571 g/mol. The van der Waals surface area contributed by atoms with Crippen LogP contribution in [0.2, 0.25) is 0 Å². The molecule has 6 rings (SSSR count). The summed E-state index contributed by atoms with van der Waals surface area (Å²) in [5.41, 5.74) is 3.20. The van der Waals surface area contributed by atoms with Crippen LogP contribution in [0.15, 0.2) is 54.2 Å². The predicted octanol–water partition coefficient (Wildman–Crippen LogP) is 7.42. The summed E-state index contributed by atoms with van der Waals surface area (Å²) in [7, 11) is 0. The molecule has 44 heavy (non-hydrogen) atoms. The number of rotatable bonds is 8. The Morgan fingerprint density at radius 3 is 2.45 bits per heavy atom. The molecule has 3 aliphatic rings. The van der Waals surface area contributed by atoms with E-state index < -0.39 is 23.4 Å². The molecular formula is C34H36F3N3O4. The number of likely N-dealkylation sites (tertiary alicyclic amines) is 1. The fraction of sp³-hybridized carbons (Fsp3) is 0.441. The van der Waals surface area contributed by atoms with Crippen molar-refractivity contribution in [2.24, 2.45) is 5.92 Å². The topological polar surface area (TPSA) is 84.7 Å². The highest BCUT2D eigenvalue weighted by Gasteiger charge is 2.41. The minimum atomic E-state index is -4.89. The van der Waals surface area contributed by atoms with Crippen LogP contribution in [-0.4, -0.2) is 51.4 Å². The van der Waals surface area contributed by atoms with Gasteiger partial charge in [0.15, 0.2) is 5.69 Å². The Morgan fingerprint density at radius 1 is 1.02 bits per heavy atom. The van der Waals surface area contributed by atoms with Crippen molar-refractivity contribution in [2.45, 2.75) is 70.4 Å². The number of aryl methyl sites for hydroxylation is 1. The van der Waals surface area contributed by atoms with Gasteiger partial charge in [0.25, 0.3) is 0 Å². The largest absolute Gasteiger partial charge is 0.489 e. The molecule has 2 fully saturated rings. The van der Waals surface area contributed by atoms with Crippen LogP contribution in [0, 0.1) is 12.8 Å². The van der Waals surface area contributed by atoms with Crippen molar-refractivity contribution >= 4 is 17.4 Å². The Balaban J connectivity index is 1.18. The zero-order valence-electron chi connectivity index (χ0n) is 24.7. The van der Waals surface area contributed by atoms with Crippen LogP contribution in [0.4, 0.5) is 13.2 Å². The normalized spacial score (nSPS) is 18.0. The van der Waals surface area contributed by atoms with Gasteiger partial charge in [-0.3, -0.25) is 4.79 Å². The first-order chi connectivity index (χ1) is 21.1. The SMILES string of the molecule is Cc1cc(C2CCN(C(=O)C3CC3)CC2)ccc1OCC1=C(c2cccc(-n3ncc(C(=O)O)c3C(F)(F)F)c2)CCCC1. The monoisotopic (exact) mass is 607 g/mol. The van der Waals surface area contributed by atoms with Crippen molar-refractivity contribution in [2.75, 3.05) is 19.7 Å². The molecule has 0 spiro atoms. The van der Waals surface area contributed by atoms with Crippen molar-refractivity contribution in [3.05, 3.63) is 82.2 Å². The molecule has 0 atom stereocenters. The molecule has 1 aliphatic heterocycles. The number of halogens is 3. The first-order valence-electron chi connectivity index (χ1n) is 15.3. The van der Waals surface area contributed by atoms with Crippen molar-refractivity contribution < 1.29 is 32.6 Å². The summed E-state index contributed by atoms with van der Waals surface area (Å²) in [5, 5.41) is 13.1. The number of aromatic carboxylic acids is 1. The maximum Gasteiger partial charge on any atom is 0.434 e. The second-order valence-electron chi connectivity index (χ2n) is 12.1. The van der Waals surface area contributed by atoms with Gasteiger partial charge in [-0.25, -0.2) is 9.48 Å². The van der Waals surface area contributed by atoms with E-state index >= 15 is 0 Å². The fourth-order valence-corrected chi connectivity index (χ4v) is 6.55. The number of piperidine rings is 1. The average molecular weight is 608 g/mol. The lowest BCUT2D eigenvalue weighted by molar-refractivity contribution is -0.143. The zero-order valence-corrected chi connectivity index (χ0v) is 24.7. The van der Waals surface area contributed by atoms with Gasteiger partial charge in [0, 0.05) is 19.0 Å². The summed E-state index contributed by atoms with van der Waals surface area (Å²) in [6.45, 7) is 4.04. The van der Waals surface area contributed by atoms with Gasteiger partial charge in [0.2, 0.25) is 5.91 Å². The minimum absolute atomic E-state index is 0.148. The highest BCUT2D eigenvalue weighted by atomic mass is 19.4. The van der Waals surface area contributed by atoms with Crippen LogP contribution < -0.4 is 4.74 Å². The number of carboxylic acid groups (broad SMARTS) is 1. The van der Waals surface area contributed by atoms with Crippen molar-refractivity contribution in [3.8, 4) is 11.4 Å². The second kappa shape index (κ2) is 12.1. The van der Waals surface area contributed by atoms with Gasteiger partial charge in [0.05, 0.1) is 11.9 Å². The van der Waals surface area contributed by atoms with Crippen LogP contribution in [-0.2, 0) is 11.0 Å². The summed E-state index contributed by atoms with van der Waals surface area (Å²) in [4.78, 5) is 25.9. The summed E-state index contributed by atoms with van der Waals surface area (Å²) in [6.07, 6.45) is 3.42. The molecule has 3 aromatic rings. The van der Waals surface area contributed by atoms with Crippen molar-refractivity contribution in [3.63, 3.8) is 0 Å². The summed E-state index contributed by atoms with van der Waals surface area (Å²) < 4.78 is 48.5. The molecule has 0 radical (unpaired) electrons. The van der Waals surface area contributed by atoms with E-state index in [0.29, 0.717) is 23.1 Å². The van der Waals surface area contributed by atoms with Gasteiger partial charge < -0.3 is 14.7 Å². The third-order valence-electron chi connectivity index (χ3n) is 9.09. The molecule has 10 heteroatoms. The van der Waals surface area contributed by atoms with E-state index in [0.717, 1.165) is 98.7 Å². The molecule has 0 unspecified atom stereocenters. The van der Waals surface area contributed by atoms with Crippen LogP contribution in [0.25, 0.3) is 11.3 Å². The molecule has 7 nitrogen and oxygen atoms in total.